The lowest BCUT2D eigenvalue weighted by atomic mass is 10.1. The largest absolute Gasteiger partial charge is 0.487 e. The average Bonchev–Trinajstić information content (AvgIpc) is 2.05. The number of hydrogen-bond acceptors (Lipinski definition) is 3. The predicted molar refractivity (Wildman–Crippen MR) is 46.1 cm³/mol. The molecule has 0 bridgehead atoms. The maximum Gasteiger partial charge on any atom is 0.255 e. The number of halogens is 1. The van der Waals surface area contributed by atoms with Gasteiger partial charge in [-0.05, 0) is 25.1 Å². The zero-order chi connectivity index (χ0) is 9.10. The number of nitrogens with zero attached hydrogens (tertiary/aromatic N) is 1. The Morgan fingerprint density at radius 3 is 3.15 bits per heavy atom. The van der Waals surface area contributed by atoms with E-state index in [-0.39, 0.29) is 5.75 Å². The second kappa shape index (κ2) is 3.70. The summed E-state index contributed by atoms with van der Waals surface area (Å²) in [4.78, 5) is 3.49. The molecule has 0 amide bonds. The molecular weight excluding hydrogens is 170 g/mol. The summed E-state index contributed by atoms with van der Waals surface area (Å²) >= 11 is 0. The molecule has 1 N–H and O–H groups in total. The van der Waals surface area contributed by atoms with E-state index in [0.29, 0.717) is 12.6 Å². The third kappa shape index (κ3) is 1.95. The van der Waals surface area contributed by atoms with Gasteiger partial charge < -0.3 is 10.1 Å². The van der Waals surface area contributed by atoms with Gasteiger partial charge >= 0.3 is 0 Å². The Balaban J connectivity index is 1.89. The molecule has 13 heavy (non-hydrogen) atoms. The van der Waals surface area contributed by atoms with Gasteiger partial charge in [0, 0.05) is 12.2 Å². The van der Waals surface area contributed by atoms with Gasteiger partial charge in [-0.3, -0.25) is 0 Å². The van der Waals surface area contributed by atoms with Crippen LogP contribution in [0.4, 0.5) is 4.39 Å². The van der Waals surface area contributed by atoms with Crippen molar-refractivity contribution in [3.05, 3.63) is 24.3 Å². The van der Waals surface area contributed by atoms with Crippen molar-refractivity contribution in [2.75, 3.05) is 13.2 Å². The molecule has 3 nitrogen and oxygen atoms in total. The van der Waals surface area contributed by atoms with E-state index in [1.807, 2.05) is 0 Å². The van der Waals surface area contributed by atoms with Crippen LogP contribution in [0.2, 0.25) is 0 Å². The number of pyridine rings is 1. The summed E-state index contributed by atoms with van der Waals surface area (Å²) in [5.41, 5.74) is 0. The van der Waals surface area contributed by atoms with Crippen LogP contribution in [0.5, 0.6) is 5.75 Å². The molecule has 0 spiro atoms. The van der Waals surface area contributed by atoms with E-state index in [2.05, 4.69) is 10.3 Å². The molecule has 0 aliphatic carbocycles. The first-order chi connectivity index (χ1) is 6.36. The standard InChI is InChI=1S/C9H11FN2O/c10-9-8(2-1-4-12-9)13-6-7-3-5-11-7/h1-2,4,7,11H,3,5-6H2/i10-1. The maximum absolute atomic E-state index is 12.9. The fourth-order valence-corrected chi connectivity index (χ4v) is 1.16. The van der Waals surface area contributed by atoms with E-state index in [9.17, 15) is 4.39 Å². The molecule has 0 aromatic carbocycles. The molecular formula is C9H11FN2O. The molecule has 0 saturated carbocycles. The van der Waals surface area contributed by atoms with E-state index in [1.54, 1.807) is 12.1 Å². The van der Waals surface area contributed by atoms with Crippen molar-refractivity contribution in [2.24, 2.45) is 0 Å². The Bertz CT molecular complexity index is 289. The first kappa shape index (κ1) is 8.44. The molecule has 1 saturated heterocycles. The first-order valence-corrected chi connectivity index (χ1v) is 4.33. The molecule has 1 aliphatic heterocycles. The average molecular weight is 181 g/mol. The van der Waals surface area contributed by atoms with Crippen molar-refractivity contribution in [2.45, 2.75) is 12.5 Å². The zero-order valence-corrected chi connectivity index (χ0v) is 7.16. The molecule has 70 valence electrons. The summed E-state index contributed by atoms with van der Waals surface area (Å²) < 4.78 is 18.1. The van der Waals surface area contributed by atoms with Crippen molar-refractivity contribution in [1.29, 1.82) is 0 Å². The Morgan fingerprint density at radius 2 is 2.54 bits per heavy atom. The molecule has 1 atom stereocenters. The molecule has 1 aromatic rings. The fraction of sp³-hybridized carbons (Fsp3) is 0.444. The highest BCUT2D eigenvalue weighted by Gasteiger charge is 2.17. The normalized spacial score (nSPS) is 20.8. The van der Waals surface area contributed by atoms with Crippen LogP contribution in [-0.2, 0) is 0 Å². The summed E-state index contributed by atoms with van der Waals surface area (Å²) in [6, 6.07) is 3.62. The van der Waals surface area contributed by atoms with E-state index < -0.39 is 5.95 Å². The minimum Gasteiger partial charge on any atom is -0.487 e. The van der Waals surface area contributed by atoms with Gasteiger partial charge in [0.2, 0.25) is 0 Å². The number of rotatable bonds is 3. The summed E-state index contributed by atoms with van der Waals surface area (Å²) in [5.74, 6) is -0.307. The Labute approximate surface area is 75.9 Å². The summed E-state index contributed by atoms with van der Waals surface area (Å²) in [7, 11) is 0. The lowest BCUT2D eigenvalue weighted by Gasteiger charge is -2.27. The Hall–Kier alpha value is -1.16. The second-order valence-electron chi connectivity index (χ2n) is 3.04. The predicted octanol–water partition coefficient (Wildman–Crippen LogP) is 0.961. The number of nitrogens with one attached hydrogen (secondary N) is 1. The summed E-state index contributed by atoms with van der Waals surface area (Å²) in [6.45, 7) is 1.55. The van der Waals surface area contributed by atoms with Crippen LogP contribution in [0, 0.1) is 5.95 Å². The molecule has 1 fully saturated rings. The number of aromatic nitrogens is 1. The molecule has 2 rings (SSSR count). The van der Waals surface area contributed by atoms with Gasteiger partial charge in [-0.2, -0.15) is 4.39 Å². The zero-order valence-electron chi connectivity index (χ0n) is 7.16. The lowest BCUT2D eigenvalue weighted by Crippen LogP contribution is -2.46. The van der Waals surface area contributed by atoms with E-state index in [4.69, 9.17) is 4.74 Å². The SMILES string of the molecule is [18F]c1ncccc1OCC1CCN1. The quantitative estimate of drug-likeness (QED) is 0.705. The fourth-order valence-electron chi connectivity index (χ4n) is 1.16. The van der Waals surface area contributed by atoms with Crippen LogP contribution in [0.1, 0.15) is 6.42 Å². The van der Waals surface area contributed by atoms with Crippen molar-refractivity contribution in [3.8, 4) is 5.75 Å². The van der Waals surface area contributed by atoms with Gasteiger partial charge in [0.05, 0.1) is 0 Å². The highest BCUT2D eigenvalue weighted by Crippen LogP contribution is 2.14. The van der Waals surface area contributed by atoms with Crippen molar-refractivity contribution in [1.82, 2.24) is 10.3 Å². The van der Waals surface area contributed by atoms with Crippen LogP contribution in [0.25, 0.3) is 0 Å². The molecule has 0 radical (unpaired) electrons. The van der Waals surface area contributed by atoms with Gasteiger partial charge in [0.15, 0.2) is 5.75 Å². The highest BCUT2D eigenvalue weighted by atomic mass is 18.2. The van der Waals surface area contributed by atoms with Crippen molar-refractivity contribution >= 4 is 0 Å². The van der Waals surface area contributed by atoms with E-state index >= 15 is 0 Å². The van der Waals surface area contributed by atoms with Gasteiger partial charge in [-0.15, -0.1) is 0 Å². The Morgan fingerprint density at radius 1 is 1.69 bits per heavy atom. The molecule has 1 aromatic heterocycles. The van der Waals surface area contributed by atoms with Gasteiger partial charge in [-0.25, -0.2) is 4.98 Å². The monoisotopic (exact) mass is 181 g/mol. The van der Waals surface area contributed by atoms with Crippen molar-refractivity contribution < 1.29 is 9.13 Å². The minimum atomic E-state index is -0.540. The summed E-state index contributed by atoms with van der Waals surface area (Å²) in [6.07, 6.45) is 2.51. The van der Waals surface area contributed by atoms with E-state index in [1.165, 1.54) is 6.20 Å². The maximum atomic E-state index is 12.9. The number of ether oxygens (including phenoxy) is 1. The second-order valence-corrected chi connectivity index (χ2v) is 3.04. The molecule has 1 unspecified atom stereocenters. The van der Waals surface area contributed by atoms with Crippen molar-refractivity contribution in [3.63, 3.8) is 0 Å². The van der Waals surface area contributed by atoms with Gasteiger partial charge in [-0.1, -0.05) is 0 Å². The van der Waals surface area contributed by atoms with Gasteiger partial charge in [0.1, 0.15) is 6.61 Å². The van der Waals surface area contributed by atoms with Crippen LogP contribution in [0.15, 0.2) is 18.3 Å². The Kier molecular flexibility index (Phi) is 2.40. The third-order valence-electron chi connectivity index (χ3n) is 2.09. The minimum absolute atomic E-state index is 0.233. The highest BCUT2D eigenvalue weighted by molar-refractivity contribution is 5.17. The first-order valence-electron chi connectivity index (χ1n) is 4.33. The molecule has 2 heterocycles. The topological polar surface area (TPSA) is 34.1 Å². The third-order valence-corrected chi connectivity index (χ3v) is 2.09. The van der Waals surface area contributed by atoms with Crippen LogP contribution in [-0.4, -0.2) is 24.2 Å². The van der Waals surface area contributed by atoms with E-state index in [0.717, 1.165) is 13.0 Å². The molecule has 1 aliphatic rings. The van der Waals surface area contributed by atoms with Crippen LogP contribution in [0.3, 0.4) is 0 Å². The van der Waals surface area contributed by atoms with Gasteiger partial charge in [0.25, 0.3) is 5.95 Å². The van der Waals surface area contributed by atoms with Crippen LogP contribution >= 0.6 is 0 Å². The number of hydrogen-bond donors (Lipinski definition) is 1. The van der Waals surface area contributed by atoms with Crippen LogP contribution < -0.4 is 10.1 Å². The summed E-state index contributed by atoms with van der Waals surface area (Å²) in [5, 5.41) is 3.17. The smallest absolute Gasteiger partial charge is 0.255 e. The molecule has 4 heteroatoms. The lowest BCUT2D eigenvalue weighted by molar-refractivity contribution is 0.209.